The summed E-state index contributed by atoms with van der Waals surface area (Å²) in [6.07, 6.45) is 1.91. The van der Waals surface area contributed by atoms with Gasteiger partial charge in [-0.2, -0.15) is 4.31 Å². The average molecular weight is 373 g/mol. The average Bonchev–Trinajstić information content (AvgIpc) is 2.70. The predicted molar refractivity (Wildman–Crippen MR) is 79.0 cm³/mol. The van der Waals surface area contributed by atoms with Crippen LogP contribution in [0.15, 0.2) is 14.1 Å². The molecule has 1 atom stereocenters. The fourth-order valence-corrected chi connectivity index (χ4v) is 6.24. The summed E-state index contributed by atoms with van der Waals surface area (Å²) < 4.78 is 27.8. The van der Waals surface area contributed by atoms with E-state index in [1.54, 1.807) is 10.4 Å². The predicted octanol–water partition coefficient (Wildman–Crippen LogP) is 3.46. The third-order valence-electron chi connectivity index (χ3n) is 3.13. The zero-order valence-corrected chi connectivity index (χ0v) is 14.0. The van der Waals surface area contributed by atoms with Crippen LogP contribution in [0.5, 0.6) is 0 Å². The molecule has 0 spiro atoms. The lowest BCUT2D eigenvalue weighted by Gasteiger charge is -2.30. The zero-order valence-electron chi connectivity index (χ0n) is 10.0. The topological polar surface area (TPSA) is 37.4 Å². The van der Waals surface area contributed by atoms with Gasteiger partial charge in [-0.1, -0.05) is 0 Å². The lowest BCUT2D eigenvalue weighted by atomic mass is 10.0. The fourth-order valence-electron chi connectivity index (χ4n) is 2.06. The van der Waals surface area contributed by atoms with Crippen LogP contribution < -0.4 is 0 Å². The lowest BCUT2D eigenvalue weighted by molar-refractivity contribution is 0.284. The number of aryl methyl sites for hydroxylation is 1. The van der Waals surface area contributed by atoms with E-state index in [0.29, 0.717) is 23.2 Å². The number of hydrogen-bond donors (Lipinski definition) is 0. The van der Waals surface area contributed by atoms with E-state index < -0.39 is 10.0 Å². The van der Waals surface area contributed by atoms with Gasteiger partial charge in [-0.05, 0) is 53.2 Å². The summed E-state index contributed by atoms with van der Waals surface area (Å²) in [6, 6.07) is 1.73. The molecule has 1 aliphatic rings. The van der Waals surface area contributed by atoms with Crippen molar-refractivity contribution in [2.24, 2.45) is 5.92 Å². The Balaban J connectivity index is 2.25. The molecule has 1 saturated heterocycles. The normalized spacial score (nSPS) is 22.3. The summed E-state index contributed by atoms with van der Waals surface area (Å²) in [5, 5.41) is 0. The van der Waals surface area contributed by atoms with E-state index in [1.165, 1.54) is 11.3 Å². The number of halogens is 2. The molecule has 2 heterocycles. The highest BCUT2D eigenvalue weighted by Gasteiger charge is 2.31. The van der Waals surface area contributed by atoms with Gasteiger partial charge in [0, 0.05) is 19.0 Å². The Morgan fingerprint density at radius 1 is 1.61 bits per heavy atom. The van der Waals surface area contributed by atoms with Gasteiger partial charge in [0.2, 0.25) is 0 Å². The van der Waals surface area contributed by atoms with Crippen molar-refractivity contribution in [3.05, 3.63) is 15.4 Å². The fraction of sp³-hybridized carbons (Fsp3) is 0.636. The molecule has 102 valence electrons. The molecule has 1 aromatic rings. The molecule has 1 unspecified atom stereocenters. The molecule has 2 rings (SSSR count). The molecule has 18 heavy (non-hydrogen) atoms. The molecule has 7 heteroatoms. The Kier molecular flexibility index (Phi) is 4.75. The Morgan fingerprint density at radius 2 is 2.33 bits per heavy atom. The van der Waals surface area contributed by atoms with Crippen LogP contribution in [0, 0.1) is 12.8 Å². The lowest BCUT2D eigenvalue weighted by Crippen LogP contribution is -2.40. The van der Waals surface area contributed by atoms with E-state index in [4.69, 9.17) is 11.6 Å². The maximum atomic E-state index is 12.5. The van der Waals surface area contributed by atoms with Crippen LogP contribution in [0.4, 0.5) is 0 Å². The number of hydrogen-bond acceptors (Lipinski definition) is 3. The molecule has 0 aromatic carbocycles. The Bertz CT molecular complexity index is 510. The van der Waals surface area contributed by atoms with Crippen molar-refractivity contribution in [3.63, 3.8) is 0 Å². The minimum atomic E-state index is -3.34. The summed E-state index contributed by atoms with van der Waals surface area (Å²) in [5.74, 6) is 0.804. The molecule has 1 aliphatic heterocycles. The molecule has 3 nitrogen and oxygen atoms in total. The molecule has 0 aliphatic carbocycles. The van der Waals surface area contributed by atoms with Crippen molar-refractivity contribution in [1.29, 1.82) is 0 Å². The first-order chi connectivity index (χ1) is 8.45. The van der Waals surface area contributed by atoms with Crippen molar-refractivity contribution >= 4 is 48.9 Å². The molecule has 0 saturated carbocycles. The minimum absolute atomic E-state index is 0.277. The van der Waals surface area contributed by atoms with Crippen molar-refractivity contribution in [2.75, 3.05) is 19.0 Å². The van der Waals surface area contributed by atoms with Crippen LogP contribution >= 0.6 is 38.9 Å². The number of thiophene rings is 1. The quantitative estimate of drug-likeness (QED) is 0.762. The number of piperidine rings is 1. The van der Waals surface area contributed by atoms with Crippen molar-refractivity contribution in [2.45, 2.75) is 24.0 Å². The maximum absolute atomic E-state index is 12.5. The summed E-state index contributed by atoms with van der Waals surface area (Å²) in [5.41, 5.74) is 0.962. The molecule has 1 aromatic heterocycles. The van der Waals surface area contributed by atoms with Crippen LogP contribution in [0.3, 0.4) is 0 Å². The molecule has 0 N–H and O–H groups in total. The number of nitrogens with zero attached hydrogens (tertiary/aromatic N) is 1. The third kappa shape index (κ3) is 2.93. The maximum Gasteiger partial charge on any atom is 0.252 e. The smallest absolute Gasteiger partial charge is 0.206 e. The summed E-state index contributed by atoms with van der Waals surface area (Å²) in [4.78, 5) is 0. The minimum Gasteiger partial charge on any atom is -0.206 e. The van der Waals surface area contributed by atoms with Gasteiger partial charge in [-0.3, -0.25) is 0 Å². The van der Waals surface area contributed by atoms with Crippen molar-refractivity contribution < 1.29 is 8.42 Å². The molecule has 1 fully saturated rings. The van der Waals surface area contributed by atoms with E-state index in [0.717, 1.165) is 22.2 Å². The van der Waals surface area contributed by atoms with Gasteiger partial charge in [0.05, 0.1) is 3.79 Å². The Hall–Kier alpha value is 0.380. The van der Waals surface area contributed by atoms with Crippen LogP contribution in [0.1, 0.15) is 18.4 Å². The van der Waals surface area contributed by atoms with Crippen molar-refractivity contribution in [3.8, 4) is 0 Å². The summed E-state index contributed by atoms with van der Waals surface area (Å²) in [7, 11) is -3.34. The van der Waals surface area contributed by atoms with Crippen molar-refractivity contribution in [1.82, 2.24) is 4.31 Å². The molecular formula is C11H15BrClNO2S2. The SMILES string of the molecule is Cc1cc(S(=O)(=O)N2CCCC(CCl)C2)sc1Br. The van der Waals surface area contributed by atoms with Gasteiger partial charge in [0.1, 0.15) is 4.21 Å². The van der Waals surface area contributed by atoms with E-state index in [-0.39, 0.29) is 5.92 Å². The van der Waals surface area contributed by atoms with E-state index in [9.17, 15) is 8.42 Å². The van der Waals surface area contributed by atoms with E-state index in [2.05, 4.69) is 15.9 Å². The number of rotatable bonds is 3. The molecule has 0 radical (unpaired) electrons. The largest absolute Gasteiger partial charge is 0.252 e. The van der Waals surface area contributed by atoms with Gasteiger partial charge in [0.15, 0.2) is 0 Å². The van der Waals surface area contributed by atoms with Gasteiger partial charge in [-0.25, -0.2) is 8.42 Å². The highest BCUT2D eigenvalue weighted by molar-refractivity contribution is 9.11. The Labute approximate surface area is 125 Å². The van der Waals surface area contributed by atoms with E-state index in [1.807, 2.05) is 6.92 Å². The second-order valence-electron chi connectivity index (χ2n) is 4.55. The first kappa shape index (κ1) is 14.8. The van der Waals surface area contributed by atoms with Crippen LogP contribution in [-0.4, -0.2) is 31.7 Å². The Morgan fingerprint density at radius 3 is 2.89 bits per heavy atom. The highest BCUT2D eigenvalue weighted by atomic mass is 79.9. The summed E-state index contributed by atoms with van der Waals surface area (Å²) >= 11 is 10.5. The third-order valence-corrected chi connectivity index (χ3v) is 8.02. The van der Waals surface area contributed by atoms with Crippen LogP contribution in [-0.2, 0) is 10.0 Å². The molecular weight excluding hydrogens is 358 g/mol. The highest BCUT2D eigenvalue weighted by Crippen LogP contribution is 2.33. The first-order valence-electron chi connectivity index (χ1n) is 5.77. The number of sulfonamides is 1. The molecule has 0 bridgehead atoms. The monoisotopic (exact) mass is 371 g/mol. The second-order valence-corrected chi connectivity index (χ2v) is 9.39. The van der Waals surface area contributed by atoms with Gasteiger partial charge >= 0.3 is 0 Å². The van der Waals surface area contributed by atoms with Gasteiger partial charge in [0.25, 0.3) is 10.0 Å². The van der Waals surface area contributed by atoms with Gasteiger partial charge < -0.3 is 0 Å². The molecule has 0 amide bonds. The van der Waals surface area contributed by atoms with Crippen LogP contribution in [0.25, 0.3) is 0 Å². The zero-order chi connectivity index (χ0) is 13.3. The first-order valence-corrected chi connectivity index (χ1v) is 9.35. The second kappa shape index (κ2) is 5.79. The summed E-state index contributed by atoms with van der Waals surface area (Å²) in [6.45, 7) is 3.04. The number of alkyl halides is 1. The standard InChI is InChI=1S/C11H15BrClNO2S2/c1-8-5-10(17-11(8)12)18(15,16)14-4-2-3-9(6-13)7-14/h5,9H,2-4,6-7H2,1H3. The van der Waals surface area contributed by atoms with Gasteiger partial charge in [-0.15, -0.1) is 22.9 Å². The van der Waals surface area contributed by atoms with Crippen LogP contribution in [0.2, 0.25) is 0 Å². The van der Waals surface area contributed by atoms with E-state index >= 15 is 0 Å².